The molecule has 2 aromatic carbocycles. The number of aromatic nitrogens is 2. The van der Waals surface area contributed by atoms with E-state index >= 15 is 0 Å². The van der Waals surface area contributed by atoms with E-state index in [1.54, 1.807) is 11.8 Å². The molecule has 4 rings (SSSR count). The summed E-state index contributed by atoms with van der Waals surface area (Å²) in [7, 11) is 0. The molecule has 3 aromatic rings. The average molecular weight is 371 g/mol. The molecule has 2 heterocycles. The van der Waals surface area contributed by atoms with Gasteiger partial charge in [-0.25, -0.2) is 13.8 Å². The second-order valence-electron chi connectivity index (χ2n) is 5.87. The van der Waals surface area contributed by atoms with Gasteiger partial charge in [-0.05, 0) is 18.2 Å². The molecule has 132 valence electrons. The van der Waals surface area contributed by atoms with Crippen LogP contribution in [0.15, 0.2) is 53.7 Å². The minimum atomic E-state index is -1.04. The zero-order valence-corrected chi connectivity index (χ0v) is 14.5. The number of hydrogen-bond donors (Lipinski definition) is 1. The molecule has 0 fully saturated rings. The Kier molecular flexibility index (Phi) is 4.46. The number of nitrogens with zero attached hydrogens (tertiary/aromatic N) is 2. The van der Waals surface area contributed by atoms with Crippen LogP contribution >= 0.6 is 11.8 Å². The maximum absolute atomic E-state index is 13.3. The summed E-state index contributed by atoms with van der Waals surface area (Å²) >= 11 is 1.68. The summed E-state index contributed by atoms with van der Waals surface area (Å²) < 4.78 is 28.5. The number of fused-ring (bicyclic) bond motifs is 1. The van der Waals surface area contributed by atoms with Gasteiger partial charge in [0.15, 0.2) is 16.8 Å². The van der Waals surface area contributed by atoms with E-state index in [1.165, 1.54) is 6.07 Å². The summed E-state index contributed by atoms with van der Waals surface area (Å²) in [6.07, 6.45) is 0. The number of carbonyl (C=O) groups is 1. The van der Waals surface area contributed by atoms with Gasteiger partial charge in [-0.1, -0.05) is 42.1 Å². The predicted molar refractivity (Wildman–Crippen MR) is 95.9 cm³/mol. The standard InChI is InChI=1S/C19H15F2N3OS/c20-14-7-6-13(10-15(14)21)18(25)22-11-16-17(12-4-2-1-3-5-12)23-19-24(16)8-9-26-19/h1-7,10H,8-9,11H2,(H,22,25). The minimum Gasteiger partial charge on any atom is -0.346 e. The highest BCUT2D eigenvalue weighted by Crippen LogP contribution is 2.33. The van der Waals surface area contributed by atoms with E-state index in [0.29, 0.717) is 0 Å². The minimum absolute atomic E-state index is 0.0840. The molecular weight excluding hydrogens is 356 g/mol. The summed E-state index contributed by atoms with van der Waals surface area (Å²) in [5, 5.41) is 3.72. The first-order chi connectivity index (χ1) is 12.6. The zero-order chi connectivity index (χ0) is 18.1. The lowest BCUT2D eigenvalue weighted by molar-refractivity contribution is 0.0949. The van der Waals surface area contributed by atoms with Crippen LogP contribution in [-0.2, 0) is 13.1 Å². The van der Waals surface area contributed by atoms with Crippen molar-refractivity contribution in [2.75, 3.05) is 5.75 Å². The number of nitrogens with one attached hydrogen (secondary N) is 1. The number of benzene rings is 2. The molecule has 0 saturated heterocycles. The number of thioether (sulfide) groups is 1. The fourth-order valence-electron chi connectivity index (χ4n) is 2.94. The van der Waals surface area contributed by atoms with Crippen LogP contribution < -0.4 is 5.32 Å². The van der Waals surface area contributed by atoms with E-state index in [1.807, 2.05) is 30.3 Å². The second kappa shape index (κ2) is 6.92. The normalized spacial score (nSPS) is 12.8. The van der Waals surface area contributed by atoms with Crippen LogP contribution in [0.1, 0.15) is 16.1 Å². The highest BCUT2D eigenvalue weighted by atomic mass is 32.2. The van der Waals surface area contributed by atoms with Crippen molar-refractivity contribution < 1.29 is 13.6 Å². The summed E-state index contributed by atoms with van der Waals surface area (Å²) in [4.78, 5) is 17.0. The number of hydrogen-bond acceptors (Lipinski definition) is 3. The van der Waals surface area contributed by atoms with Gasteiger partial charge in [-0.2, -0.15) is 0 Å². The summed E-state index contributed by atoms with van der Waals surface area (Å²) in [6, 6.07) is 12.9. The molecule has 4 nitrogen and oxygen atoms in total. The fourth-order valence-corrected chi connectivity index (χ4v) is 3.91. The largest absolute Gasteiger partial charge is 0.346 e. The van der Waals surface area contributed by atoms with Crippen LogP contribution in [0.5, 0.6) is 0 Å². The van der Waals surface area contributed by atoms with Crippen molar-refractivity contribution >= 4 is 17.7 Å². The van der Waals surface area contributed by atoms with Crippen LogP contribution in [0, 0.1) is 11.6 Å². The fraction of sp³-hybridized carbons (Fsp3) is 0.158. The number of rotatable bonds is 4. The van der Waals surface area contributed by atoms with Crippen LogP contribution in [0.25, 0.3) is 11.3 Å². The lowest BCUT2D eigenvalue weighted by Crippen LogP contribution is -2.24. The highest BCUT2D eigenvalue weighted by Gasteiger charge is 2.23. The summed E-state index contributed by atoms with van der Waals surface area (Å²) in [5.74, 6) is -1.52. The summed E-state index contributed by atoms with van der Waals surface area (Å²) in [5.41, 5.74) is 2.80. The Hall–Kier alpha value is -2.67. The number of amides is 1. The molecule has 0 bridgehead atoms. The Bertz CT molecular complexity index is 972. The third-order valence-corrected chi connectivity index (χ3v) is 5.19. The molecular formula is C19H15F2N3OS. The van der Waals surface area contributed by atoms with Crippen molar-refractivity contribution in [2.45, 2.75) is 18.2 Å². The lowest BCUT2D eigenvalue weighted by atomic mass is 10.1. The molecule has 1 amide bonds. The maximum atomic E-state index is 13.3. The van der Waals surface area contributed by atoms with Crippen LogP contribution in [0.3, 0.4) is 0 Å². The van der Waals surface area contributed by atoms with Crippen molar-refractivity contribution in [3.63, 3.8) is 0 Å². The Balaban J connectivity index is 1.60. The van der Waals surface area contributed by atoms with Crippen LogP contribution in [0.4, 0.5) is 8.78 Å². The van der Waals surface area contributed by atoms with E-state index < -0.39 is 17.5 Å². The van der Waals surface area contributed by atoms with Crippen molar-refractivity contribution in [1.29, 1.82) is 0 Å². The van der Waals surface area contributed by atoms with Crippen LogP contribution in [0.2, 0.25) is 0 Å². The van der Waals surface area contributed by atoms with Crippen molar-refractivity contribution in [2.24, 2.45) is 0 Å². The van der Waals surface area contributed by atoms with Gasteiger partial charge in [-0.3, -0.25) is 4.79 Å². The van der Waals surface area contributed by atoms with E-state index in [0.717, 1.165) is 46.5 Å². The van der Waals surface area contributed by atoms with Crippen LogP contribution in [-0.4, -0.2) is 21.2 Å². The van der Waals surface area contributed by atoms with Gasteiger partial charge in [0, 0.05) is 23.4 Å². The Morgan fingerprint density at radius 3 is 2.73 bits per heavy atom. The SMILES string of the molecule is O=C(NCc1c(-c2ccccc2)nc2n1CCS2)c1ccc(F)c(F)c1. The van der Waals surface area contributed by atoms with E-state index in [4.69, 9.17) is 4.98 Å². The second-order valence-corrected chi connectivity index (χ2v) is 6.93. The van der Waals surface area contributed by atoms with E-state index in [2.05, 4.69) is 9.88 Å². The molecule has 26 heavy (non-hydrogen) atoms. The Morgan fingerprint density at radius 2 is 1.96 bits per heavy atom. The average Bonchev–Trinajstić information content (AvgIpc) is 3.24. The van der Waals surface area contributed by atoms with Gasteiger partial charge in [0.2, 0.25) is 0 Å². The van der Waals surface area contributed by atoms with Gasteiger partial charge in [0.25, 0.3) is 5.91 Å². The van der Waals surface area contributed by atoms with Gasteiger partial charge < -0.3 is 9.88 Å². The first-order valence-electron chi connectivity index (χ1n) is 8.14. The van der Waals surface area contributed by atoms with Gasteiger partial charge in [0.1, 0.15) is 0 Å². The third kappa shape index (κ3) is 3.10. The van der Waals surface area contributed by atoms with Crippen molar-refractivity contribution in [1.82, 2.24) is 14.9 Å². The molecule has 0 saturated carbocycles. The third-order valence-electron chi connectivity index (χ3n) is 4.23. The van der Waals surface area contributed by atoms with Gasteiger partial charge in [-0.15, -0.1) is 0 Å². The molecule has 0 atom stereocenters. The molecule has 1 aliphatic rings. The Labute approximate surface area is 153 Å². The monoisotopic (exact) mass is 371 g/mol. The number of carbonyl (C=O) groups excluding carboxylic acids is 1. The quantitative estimate of drug-likeness (QED) is 0.757. The maximum Gasteiger partial charge on any atom is 0.251 e. The molecule has 0 unspecified atom stereocenters. The lowest BCUT2D eigenvalue weighted by Gasteiger charge is -2.10. The number of halogens is 2. The molecule has 0 aliphatic carbocycles. The molecule has 0 spiro atoms. The molecule has 1 aromatic heterocycles. The van der Waals surface area contributed by atoms with Crippen molar-refractivity contribution in [3.05, 3.63) is 71.4 Å². The number of imidazole rings is 1. The van der Waals surface area contributed by atoms with E-state index in [-0.39, 0.29) is 12.1 Å². The molecule has 1 N–H and O–H groups in total. The smallest absolute Gasteiger partial charge is 0.251 e. The topological polar surface area (TPSA) is 46.9 Å². The summed E-state index contributed by atoms with van der Waals surface area (Å²) in [6.45, 7) is 1.09. The first-order valence-corrected chi connectivity index (χ1v) is 9.13. The first kappa shape index (κ1) is 16.8. The Morgan fingerprint density at radius 1 is 1.15 bits per heavy atom. The molecule has 1 aliphatic heterocycles. The highest BCUT2D eigenvalue weighted by molar-refractivity contribution is 7.99. The van der Waals surface area contributed by atoms with Gasteiger partial charge >= 0.3 is 0 Å². The predicted octanol–water partition coefficient (Wildman–Crippen LogP) is 3.86. The van der Waals surface area contributed by atoms with Gasteiger partial charge in [0.05, 0.1) is 17.9 Å². The van der Waals surface area contributed by atoms with Crippen molar-refractivity contribution in [3.8, 4) is 11.3 Å². The molecule has 0 radical (unpaired) electrons. The zero-order valence-electron chi connectivity index (χ0n) is 13.7. The van der Waals surface area contributed by atoms with E-state index in [9.17, 15) is 13.6 Å². The molecule has 7 heteroatoms.